The Morgan fingerprint density at radius 2 is 1.71 bits per heavy atom. The number of benzene rings is 2. The zero-order valence-corrected chi connectivity index (χ0v) is 14.6. The molecule has 5 heteroatoms. The number of carbonyl (C=O) groups excluding carboxylic acids is 1. The summed E-state index contributed by atoms with van der Waals surface area (Å²) in [7, 11) is 3.18. The van der Waals surface area contributed by atoms with E-state index in [-0.39, 0.29) is 12.1 Å². The van der Waals surface area contributed by atoms with Gasteiger partial charge in [-0.3, -0.25) is 0 Å². The van der Waals surface area contributed by atoms with Gasteiger partial charge in [-0.25, -0.2) is 4.79 Å². The first kappa shape index (κ1) is 17.7. The van der Waals surface area contributed by atoms with Crippen LogP contribution in [0.15, 0.2) is 42.5 Å². The van der Waals surface area contributed by atoms with Gasteiger partial charge in [-0.2, -0.15) is 0 Å². The van der Waals surface area contributed by atoms with E-state index >= 15 is 0 Å². The van der Waals surface area contributed by atoms with Crippen molar-refractivity contribution >= 4 is 11.7 Å². The van der Waals surface area contributed by atoms with Crippen molar-refractivity contribution in [2.24, 2.45) is 0 Å². The summed E-state index contributed by atoms with van der Waals surface area (Å²) in [5, 5.41) is 5.75. The molecule has 5 nitrogen and oxygen atoms in total. The fraction of sp³-hybridized carbons (Fsp3) is 0.316. The molecule has 2 aromatic carbocycles. The summed E-state index contributed by atoms with van der Waals surface area (Å²) in [6.45, 7) is 4.01. The molecule has 0 bridgehead atoms. The third-order valence-electron chi connectivity index (χ3n) is 3.88. The molecule has 1 atom stereocenters. The first-order valence-electron chi connectivity index (χ1n) is 7.95. The lowest BCUT2D eigenvalue weighted by Gasteiger charge is -2.17. The molecular formula is C19H24N2O3. The maximum absolute atomic E-state index is 12.2. The monoisotopic (exact) mass is 328 g/mol. The summed E-state index contributed by atoms with van der Waals surface area (Å²) in [4.78, 5) is 12.2. The number of nitrogens with one attached hydrogen (secondary N) is 2. The summed E-state index contributed by atoms with van der Waals surface area (Å²) in [6.07, 6.45) is 0.975. The van der Waals surface area contributed by atoms with Crippen molar-refractivity contribution in [3.8, 4) is 11.5 Å². The molecule has 24 heavy (non-hydrogen) atoms. The number of aryl methyl sites for hydroxylation is 1. The Morgan fingerprint density at radius 3 is 2.29 bits per heavy atom. The zero-order valence-electron chi connectivity index (χ0n) is 14.6. The lowest BCUT2D eigenvalue weighted by molar-refractivity contribution is 0.249. The van der Waals surface area contributed by atoms with E-state index in [2.05, 4.69) is 17.6 Å². The summed E-state index contributed by atoms with van der Waals surface area (Å²) in [6, 6.07) is 13.0. The van der Waals surface area contributed by atoms with Crippen molar-refractivity contribution in [3.05, 3.63) is 53.6 Å². The van der Waals surface area contributed by atoms with Crippen LogP contribution < -0.4 is 20.1 Å². The number of amides is 2. The molecule has 2 rings (SSSR count). The third-order valence-corrected chi connectivity index (χ3v) is 3.88. The molecule has 128 valence electrons. The molecule has 0 aliphatic carbocycles. The number of hydrogen-bond donors (Lipinski definition) is 2. The minimum absolute atomic E-state index is 0.167. The summed E-state index contributed by atoms with van der Waals surface area (Å²) < 4.78 is 10.5. The Balaban J connectivity index is 2.00. The second-order valence-electron chi connectivity index (χ2n) is 5.49. The van der Waals surface area contributed by atoms with Crippen molar-refractivity contribution < 1.29 is 14.3 Å². The van der Waals surface area contributed by atoms with E-state index < -0.39 is 0 Å². The van der Waals surface area contributed by atoms with Crippen LogP contribution in [0.4, 0.5) is 10.5 Å². The average molecular weight is 328 g/mol. The molecule has 0 saturated heterocycles. The van der Waals surface area contributed by atoms with Crippen LogP contribution in [0, 0.1) is 0 Å². The van der Waals surface area contributed by atoms with Gasteiger partial charge in [-0.1, -0.05) is 25.1 Å². The van der Waals surface area contributed by atoms with Crippen molar-refractivity contribution in [2.45, 2.75) is 26.3 Å². The van der Waals surface area contributed by atoms with Crippen LogP contribution in [0.1, 0.15) is 31.0 Å². The van der Waals surface area contributed by atoms with Crippen LogP contribution in [0.5, 0.6) is 11.5 Å². The summed E-state index contributed by atoms with van der Waals surface area (Å²) in [5.74, 6) is 1.30. The van der Waals surface area contributed by atoms with Crippen LogP contribution in [-0.2, 0) is 6.42 Å². The molecule has 0 heterocycles. The molecule has 0 fully saturated rings. The minimum Gasteiger partial charge on any atom is -0.493 e. The number of urea groups is 1. The predicted octanol–water partition coefficient (Wildman–Crippen LogP) is 4.15. The quantitative estimate of drug-likeness (QED) is 0.837. The van der Waals surface area contributed by atoms with E-state index in [4.69, 9.17) is 9.47 Å². The van der Waals surface area contributed by atoms with Gasteiger partial charge < -0.3 is 20.1 Å². The highest BCUT2D eigenvalue weighted by molar-refractivity contribution is 5.89. The van der Waals surface area contributed by atoms with Crippen molar-refractivity contribution in [3.63, 3.8) is 0 Å². The van der Waals surface area contributed by atoms with Gasteiger partial charge in [0.25, 0.3) is 0 Å². The van der Waals surface area contributed by atoms with Crippen LogP contribution in [0.25, 0.3) is 0 Å². The van der Waals surface area contributed by atoms with Crippen LogP contribution in [0.3, 0.4) is 0 Å². The van der Waals surface area contributed by atoms with Gasteiger partial charge in [-0.05, 0) is 48.7 Å². The highest BCUT2D eigenvalue weighted by Crippen LogP contribution is 2.29. The topological polar surface area (TPSA) is 59.6 Å². The van der Waals surface area contributed by atoms with Crippen molar-refractivity contribution in [2.75, 3.05) is 19.5 Å². The molecule has 0 radical (unpaired) electrons. The SMILES string of the molecule is CCc1ccc(NC(=O)N[C@H](C)c2ccc(OC)c(OC)c2)cc1. The lowest BCUT2D eigenvalue weighted by atomic mass is 10.1. The van der Waals surface area contributed by atoms with Gasteiger partial charge in [0.15, 0.2) is 11.5 Å². The van der Waals surface area contributed by atoms with E-state index in [1.54, 1.807) is 14.2 Å². The number of rotatable bonds is 6. The maximum Gasteiger partial charge on any atom is 0.319 e. The average Bonchev–Trinajstić information content (AvgIpc) is 2.61. The van der Waals surface area contributed by atoms with Gasteiger partial charge in [-0.15, -0.1) is 0 Å². The first-order chi connectivity index (χ1) is 11.6. The molecule has 2 amide bonds. The summed E-state index contributed by atoms with van der Waals surface area (Å²) in [5.41, 5.74) is 2.94. The number of methoxy groups -OCH3 is 2. The van der Waals surface area contributed by atoms with E-state index in [1.807, 2.05) is 49.4 Å². The molecule has 0 aliphatic heterocycles. The van der Waals surface area contributed by atoms with Crippen molar-refractivity contribution in [1.82, 2.24) is 5.32 Å². The smallest absolute Gasteiger partial charge is 0.319 e. The first-order valence-corrected chi connectivity index (χ1v) is 7.95. The molecule has 0 aliphatic rings. The lowest BCUT2D eigenvalue weighted by Crippen LogP contribution is -2.31. The number of carbonyl (C=O) groups is 1. The fourth-order valence-corrected chi connectivity index (χ4v) is 2.39. The van der Waals surface area contributed by atoms with Crippen LogP contribution in [0.2, 0.25) is 0 Å². The number of hydrogen-bond acceptors (Lipinski definition) is 3. The Hall–Kier alpha value is -2.69. The minimum atomic E-state index is -0.249. The molecule has 2 aromatic rings. The second-order valence-corrected chi connectivity index (χ2v) is 5.49. The number of anilines is 1. The fourth-order valence-electron chi connectivity index (χ4n) is 2.39. The van der Waals surface area contributed by atoms with E-state index in [1.165, 1.54) is 5.56 Å². The molecular weight excluding hydrogens is 304 g/mol. The van der Waals surface area contributed by atoms with Gasteiger partial charge in [0.1, 0.15) is 0 Å². The second kappa shape index (κ2) is 8.24. The van der Waals surface area contributed by atoms with Gasteiger partial charge >= 0.3 is 6.03 Å². The Labute approximate surface area is 143 Å². The molecule has 2 N–H and O–H groups in total. The highest BCUT2D eigenvalue weighted by Gasteiger charge is 2.12. The highest BCUT2D eigenvalue weighted by atomic mass is 16.5. The molecule has 0 spiro atoms. The molecule has 0 aromatic heterocycles. The molecule has 0 unspecified atom stereocenters. The Bertz CT molecular complexity index is 684. The summed E-state index contributed by atoms with van der Waals surface area (Å²) >= 11 is 0. The van der Waals surface area contributed by atoms with E-state index in [0.29, 0.717) is 11.5 Å². The van der Waals surface area contributed by atoms with Crippen molar-refractivity contribution in [1.29, 1.82) is 0 Å². The maximum atomic E-state index is 12.2. The molecule has 0 saturated carbocycles. The largest absolute Gasteiger partial charge is 0.493 e. The van der Waals surface area contributed by atoms with E-state index in [0.717, 1.165) is 17.7 Å². The van der Waals surface area contributed by atoms with Gasteiger partial charge in [0, 0.05) is 5.69 Å². The van der Waals surface area contributed by atoms with Crippen LogP contribution in [-0.4, -0.2) is 20.3 Å². The number of ether oxygens (including phenoxy) is 2. The zero-order chi connectivity index (χ0) is 17.5. The Morgan fingerprint density at radius 1 is 1.04 bits per heavy atom. The third kappa shape index (κ3) is 4.41. The van der Waals surface area contributed by atoms with Gasteiger partial charge in [0.2, 0.25) is 0 Å². The van der Waals surface area contributed by atoms with Crippen LogP contribution >= 0.6 is 0 Å². The normalized spacial score (nSPS) is 11.5. The predicted molar refractivity (Wildman–Crippen MR) is 95.9 cm³/mol. The van der Waals surface area contributed by atoms with E-state index in [9.17, 15) is 4.79 Å². The van der Waals surface area contributed by atoms with Gasteiger partial charge in [0.05, 0.1) is 20.3 Å². The Kier molecular flexibility index (Phi) is 6.07. The standard InChI is InChI=1S/C19H24N2O3/c1-5-14-6-9-16(10-7-14)21-19(22)20-13(2)15-8-11-17(23-3)18(12-15)24-4/h6-13H,5H2,1-4H3,(H2,20,21,22)/t13-/m1/s1.